The highest BCUT2D eigenvalue weighted by Gasteiger charge is 2.35. The van der Waals surface area contributed by atoms with Gasteiger partial charge in [-0.05, 0) is 49.3 Å². The monoisotopic (exact) mass is 411 g/mol. The molecule has 1 aliphatic carbocycles. The maximum Gasteiger partial charge on any atom is 0.235 e. The first kappa shape index (κ1) is 19.3. The number of benzene rings is 1. The van der Waals surface area contributed by atoms with Crippen LogP contribution in [0, 0.1) is 5.92 Å². The zero-order valence-electron chi connectivity index (χ0n) is 17.1. The highest BCUT2D eigenvalue weighted by molar-refractivity contribution is 6.10. The number of methoxy groups -OCH3 is 2. The van der Waals surface area contributed by atoms with Crippen LogP contribution in [0.5, 0.6) is 0 Å². The van der Waals surface area contributed by atoms with Gasteiger partial charge in [-0.15, -0.1) is 0 Å². The molecule has 8 heteroatoms. The quantitative estimate of drug-likeness (QED) is 0.493. The molecule has 2 fully saturated rings. The predicted octanol–water partition coefficient (Wildman–Crippen LogP) is 3.33. The minimum absolute atomic E-state index is 0.196. The van der Waals surface area contributed by atoms with Crippen molar-refractivity contribution >= 4 is 33.7 Å². The summed E-state index contributed by atoms with van der Waals surface area (Å²) < 4.78 is 16.8. The standard InChI is InChI=1S/C22H25N3O5/c1-28-22(29-2)12-4-3-11(9-12)15-10-16-18(13-7-8-23-19(13)15)20(25-30-16)14-5-6-17(26)24-21(14)27/h7-8,10-12,14,22,25H,3-6,9H2,1-2H3,(H,24,26,27)/t11?,12-,14?/m1/s1. The number of hydrogen-bond acceptors (Lipinski definition) is 6. The highest BCUT2D eigenvalue weighted by atomic mass is 16.7. The van der Waals surface area contributed by atoms with Gasteiger partial charge >= 0.3 is 0 Å². The average molecular weight is 411 g/mol. The zero-order chi connectivity index (χ0) is 20.8. The van der Waals surface area contributed by atoms with E-state index >= 15 is 0 Å². The second-order valence-corrected chi connectivity index (χ2v) is 8.28. The van der Waals surface area contributed by atoms with Crippen molar-refractivity contribution in [3.63, 3.8) is 0 Å². The molecule has 158 valence electrons. The van der Waals surface area contributed by atoms with Crippen molar-refractivity contribution < 1.29 is 23.6 Å². The Bertz CT molecular complexity index is 1110. The van der Waals surface area contributed by atoms with Crippen LogP contribution in [0.1, 0.15) is 55.2 Å². The molecule has 0 bridgehead atoms. The van der Waals surface area contributed by atoms with Crippen molar-refractivity contribution in [1.29, 1.82) is 0 Å². The first-order chi connectivity index (χ1) is 14.6. The molecule has 1 aliphatic heterocycles. The molecule has 2 aliphatic rings. The second-order valence-electron chi connectivity index (χ2n) is 8.28. The number of nitrogens with zero attached hydrogens (tertiary/aromatic N) is 1. The fourth-order valence-corrected chi connectivity index (χ4v) is 5.25. The van der Waals surface area contributed by atoms with Crippen molar-refractivity contribution in [1.82, 2.24) is 15.5 Å². The summed E-state index contributed by atoms with van der Waals surface area (Å²) in [5.74, 6) is -0.270. The number of piperidine rings is 1. The Morgan fingerprint density at radius 2 is 2.03 bits per heavy atom. The molecule has 3 heterocycles. The lowest BCUT2D eigenvalue weighted by atomic mass is 9.89. The molecule has 1 saturated heterocycles. The molecule has 30 heavy (non-hydrogen) atoms. The Kier molecular flexibility index (Phi) is 4.83. The van der Waals surface area contributed by atoms with E-state index < -0.39 is 5.92 Å². The van der Waals surface area contributed by atoms with E-state index in [1.807, 2.05) is 6.07 Å². The largest absolute Gasteiger partial charge is 0.382 e. The minimum atomic E-state index is -0.437. The van der Waals surface area contributed by atoms with Gasteiger partial charge in [0.1, 0.15) is 0 Å². The van der Waals surface area contributed by atoms with Gasteiger partial charge in [-0.3, -0.25) is 19.9 Å². The summed E-state index contributed by atoms with van der Waals surface area (Å²) in [7, 11) is 3.36. The van der Waals surface area contributed by atoms with Crippen LogP contribution >= 0.6 is 0 Å². The van der Waals surface area contributed by atoms with Crippen molar-refractivity contribution in [2.24, 2.45) is 5.92 Å². The van der Waals surface area contributed by atoms with Crippen LogP contribution in [0.15, 0.2) is 22.9 Å². The number of aromatic nitrogens is 2. The van der Waals surface area contributed by atoms with Crippen LogP contribution in [0.25, 0.3) is 21.9 Å². The van der Waals surface area contributed by atoms with Crippen LogP contribution in [-0.4, -0.2) is 42.5 Å². The van der Waals surface area contributed by atoms with Gasteiger partial charge in [0.15, 0.2) is 11.9 Å². The molecule has 3 atom stereocenters. The molecule has 2 unspecified atom stereocenters. The fraction of sp³-hybridized carbons (Fsp3) is 0.500. The fourth-order valence-electron chi connectivity index (χ4n) is 5.25. The third-order valence-corrected chi connectivity index (χ3v) is 6.67. The van der Waals surface area contributed by atoms with Crippen molar-refractivity contribution in [2.75, 3.05) is 14.2 Å². The van der Waals surface area contributed by atoms with E-state index in [0.717, 1.165) is 41.1 Å². The van der Waals surface area contributed by atoms with Crippen molar-refractivity contribution in [3.05, 3.63) is 29.6 Å². The van der Waals surface area contributed by atoms with Crippen LogP contribution in [-0.2, 0) is 19.1 Å². The number of aromatic amines is 1. The topological polar surface area (TPSA) is 106 Å². The lowest BCUT2D eigenvalue weighted by Gasteiger charge is -2.21. The maximum absolute atomic E-state index is 12.4. The predicted molar refractivity (Wildman–Crippen MR) is 109 cm³/mol. The molecular formula is C22H25N3O5. The number of H-pyrrole nitrogens is 1. The Morgan fingerprint density at radius 3 is 2.80 bits per heavy atom. The SMILES string of the molecule is COC(OC)[C@@H]1CCC(c2cc3o[nH]c(C4CCC(=O)NC4=O)c3c3ccnc23)C1. The van der Waals surface area contributed by atoms with Gasteiger partial charge in [0.2, 0.25) is 11.8 Å². The van der Waals surface area contributed by atoms with Gasteiger partial charge in [-0.2, -0.15) is 0 Å². The third-order valence-electron chi connectivity index (χ3n) is 6.67. The van der Waals surface area contributed by atoms with E-state index in [-0.39, 0.29) is 18.1 Å². The van der Waals surface area contributed by atoms with Crippen molar-refractivity contribution in [3.8, 4) is 0 Å². The number of rotatable bonds is 5. The van der Waals surface area contributed by atoms with Crippen LogP contribution < -0.4 is 5.32 Å². The second kappa shape index (κ2) is 7.52. The summed E-state index contributed by atoms with van der Waals surface area (Å²) in [5.41, 5.74) is 3.53. The molecule has 5 rings (SSSR count). The Hall–Kier alpha value is -2.71. The Balaban J connectivity index is 1.54. The van der Waals surface area contributed by atoms with Gasteiger partial charge in [-0.25, -0.2) is 5.16 Å². The Morgan fingerprint density at radius 1 is 1.20 bits per heavy atom. The molecule has 1 saturated carbocycles. The number of nitrogens with one attached hydrogen (secondary N) is 2. The minimum Gasteiger partial charge on any atom is -0.382 e. The molecule has 2 N–H and O–H groups in total. The molecule has 0 radical (unpaired) electrons. The molecule has 1 aromatic carbocycles. The van der Waals surface area contributed by atoms with E-state index in [9.17, 15) is 9.59 Å². The average Bonchev–Trinajstić information content (AvgIpc) is 3.47. The van der Waals surface area contributed by atoms with Gasteiger partial charge in [-0.1, -0.05) is 0 Å². The number of carbonyl (C=O) groups excluding carboxylic acids is 2. The van der Waals surface area contributed by atoms with Gasteiger partial charge in [0.25, 0.3) is 0 Å². The highest BCUT2D eigenvalue weighted by Crippen LogP contribution is 2.45. The smallest absolute Gasteiger partial charge is 0.235 e. The van der Waals surface area contributed by atoms with Crippen LogP contribution in [0.2, 0.25) is 0 Å². The van der Waals surface area contributed by atoms with Gasteiger partial charge < -0.3 is 14.0 Å². The summed E-state index contributed by atoms with van der Waals surface area (Å²) in [4.78, 5) is 28.6. The summed E-state index contributed by atoms with van der Waals surface area (Å²) in [6.07, 6.45) is 5.42. The number of amides is 2. The molecule has 2 amide bonds. The van der Waals surface area contributed by atoms with Crippen LogP contribution in [0.4, 0.5) is 0 Å². The van der Waals surface area contributed by atoms with Gasteiger partial charge in [0, 0.05) is 38.1 Å². The number of hydrogen-bond donors (Lipinski definition) is 2. The maximum atomic E-state index is 12.4. The number of ether oxygens (including phenoxy) is 2. The molecular weight excluding hydrogens is 386 g/mol. The number of fused-ring (bicyclic) bond motifs is 3. The van der Waals surface area contributed by atoms with E-state index in [1.54, 1.807) is 20.4 Å². The molecule has 8 nitrogen and oxygen atoms in total. The van der Waals surface area contributed by atoms with E-state index in [2.05, 4.69) is 21.5 Å². The van der Waals surface area contributed by atoms with E-state index in [4.69, 9.17) is 14.0 Å². The van der Waals surface area contributed by atoms with E-state index in [0.29, 0.717) is 36.0 Å². The third kappa shape index (κ3) is 3.02. The Labute approximate surface area is 173 Å². The summed E-state index contributed by atoms with van der Waals surface area (Å²) in [6, 6.07) is 4.03. The van der Waals surface area contributed by atoms with Crippen molar-refractivity contribution in [2.45, 2.75) is 50.2 Å². The lowest BCUT2D eigenvalue weighted by Crippen LogP contribution is -2.39. The number of imide groups is 1. The first-order valence-corrected chi connectivity index (χ1v) is 10.4. The lowest BCUT2D eigenvalue weighted by molar-refractivity contribution is -0.135. The van der Waals surface area contributed by atoms with Gasteiger partial charge in [0.05, 0.1) is 22.5 Å². The molecule has 0 spiro atoms. The summed E-state index contributed by atoms with van der Waals surface area (Å²) >= 11 is 0. The zero-order valence-corrected chi connectivity index (χ0v) is 17.1. The summed E-state index contributed by atoms with van der Waals surface area (Å²) in [5, 5.41) is 7.24. The number of carbonyl (C=O) groups is 2. The normalized spacial score (nSPS) is 25.0. The first-order valence-electron chi connectivity index (χ1n) is 10.4. The molecule has 3 aromatic rings. The molecule has 2 aromatic heterocycles. The summed E-state index contributed by atoms with van der Waals surface area (Å²) in [6.45, 7) is 0. The van der Waals surface area contributed by atoms with E-state index in [1.165, 1.54) is 0 Å². The van der Waals surface area contributed by atoms with Crippen LogP contribution in [0.3, 0.4) is 0 Å².